The Hall–Kier alpha value is -1.78. The van der Waals surface area contributed by atoms with Crippen molar-refractivity contribution in [2.24, 2.45) is 0 Å². The molecule has 2 rings (SSSR count). The first kappa shape index (κ1) is 39.4. The van der Waals surface area contributed by atoms with Crippen LogP contribution in [0.5, 0.6) is 0 Å². The van der Waals surface area contributed by atoms with Crippen LogP contribution in [0.2, 0.25) is 0 Å². The van der Waals surface area contributed by atoms with E-state index in [9.17, 15) is 16.8 Å². The predicted octanol–water partition coefficient (Wildman–Crippen LogP) is 9.78. The van der Waals surface area contributed by atoms with Crippen LogP contribution in [0.25, 0.3) is 0 Å². The second kappa shape index (κ2) is 23.5. The molecule has 0 aliphatic carbocycles. The summed E-state index contributed by atoms with van der Waals surface area (Å²) in [5.41, 5.74) is 2.23. The molecule has 2 N–H and O–H groups in total. The van der Waals surface area contributed by atoms with Crippen molar-refractivity contribution in [1.29, 1.82) is 0 Å². The van der Waals surface area contributed by atoms with Crippen LogP contribution >= 0.6 is 0 Å². The molecule has 0 amide bonds. The standard InChI is InChI=1S/C36H58O7S2/c37-44(38,39)35-27-23-33(24-28-35)21-17-13-9-5-1-3-7-11-15-19-31-43-32-20-16-12-8-4-2-6-10-14-18-22-34-25-29-36(30-26-34)45(40,41)42/h23-30H,1-22,31-32H2,(H,37,38,39)(H,40,41,42). The Morgan fingerprint density at radius 1 is 0.378 bits per heavy atom. The van der Waals surface area contributed by atoms with Crippen molar-refractivity contribution in [3.8, 4) is 0 Å². The van der Waals surface area contributed by atoms with Gasteiger partial charge < -0.3 is 4.74 Å². The molecule has 7 nitrogen and oxygen atoms in total. The summed E-state index contributed by atoms with van der Waals surface area (Å²) in [5, 5.41) is 0. The van der Waals surface area contributed by atoms with Crippen molar-refractivity contribution >= 4 is 20.2 Å². The predicted molar refractivity (Wildman–Crippen MR) is 183 cm³/mol. The highest BCUT2D eigenvalue weighted by atomic mass is 32.2. The van der Waals surface area contributed by atoms with Crippen LogP contribution in [0.15, 0.2) is 58.3 Å². The fraction of sp³-hybridized carbons (Fsp3) is 0.667. The van der Waals surface area contributed by atoms with Crippen molar-refractivity contribution in [2.45, 2.75) is 151 Å². The molecule has 2 aromatic carbocycles. The van der Waals surface area contributed by atoms with Gasteiger partial charge in [0, 0.05) is 13.2 Å². The van der Waals surface area contributed by atoms with E-state index in [1.54, 1.807) is 24.3 Å². The van der Waals surface area contributed by atoms with E-state index >= 15 is 0 Å². The lowest BCUT2D eigenvalue weighted by Crippen LogP contribution is -1.98. The molecule has 0 fully saturated rings. The van der Waals surface area contributed by atoms with Gasteiger partial charge in [-0.25, -0.2) is 0 Å². The maximum Gasteiger partial charge on any atom is 0.294 e. The monoisotopic (exact) mass is 666 g/mol. The number of unbranched alkanes of at least 4 members (excludes halogenated alkanes) is 18. The normalized spacial score (nSPS) is 12.1. The second-order valence-corrected chi connectivity index (χ2v) is 15.3. The maximum atomic E-state index is 11.1. The SMILES string of the molecule is O=S(=O)(O)c1ccc(CCCCCCCCCCCCOCCCCCCCCCCCCc2ccc(S(=O)(=O)O)cc2)cc1. The number of ether oxygens (including phenoxy) is 1. The molecular weight excluding hydrogens is 609 g/mol. The van der Waals surface area contributed by atoms with Gasteiger partial charge in [-0.2, -0.15) is 16.8 Å². The molecular formula is C36H58O7S2. The summed E-state index contributed by atoms with van der Waals surface area (Å²) >= 11 is 0. The van der Waals surface area contributed by atoms with Crippen LogP contribution in [0.4, 0.5) is 0 Å². The Balaban J connectivity index is 1.23. The summed E-state index contributed by atoms with van der Waals surface area (Å²) in [5.74, 6) is 0. The molecule has 0 heterocycles. The van der Waals surface area contributed by atoms with E-state index in [0.717, 1.165) is 50.0 Å². The second-order valence-electron chi connectivity index (χ2n) is 12.4. The minimum Gasteiger partial charge on any atom is -0.381 e. The Morgan fingerprint density at radius 2 is 0.622 bits per heavy atom. The largest absolute Gasteiger partial charge is 0.381 e. The zero-order chi connectivity index (χ0) is 32.6. The zero-order valence-electron chi connectivity index (χ0n) is 27.3. The van der Waals surface area contributed by atoms with Gasteiger partial charge in [-0.15, -0.1) is 0 Å². The van der Waals surface area contributed by atoms with Crippen LogP contribution < -0.4 is 0 Å². The Morgan fingerprint density at radius 3 is 0.889 bits per heavy atom. The van der Waals surface area contributed by atoms with Gasteiger partial charge in [0.2, 0.25) is 0 Å². The molecule has 0 saturated carbocycles. The first-order valence-corrected chi connectivity index (χ1v) is 20.2. The quantitative estimate of drug-likeness (QED) is 0.0685. The molecule has 0 unspecified atom stereocenters. The average Bonchev–Trinajstić information content (AvgIpc) is 3.00. The number of rotatable bonds is 28. The van der Waals surface area contributed by atoms with E-state index in [1.165, 1.54) is 140 Å². The van der Waals surface area contributed by atoms with E-state index < -0.39 is 20.2 Å². The van der Waals surface area contributed by atoms with E-state index in [0.29, 0.717) is 0 Å². The third-order valence-electron chi connectivity index (χ3n) is 8.45. The number of hydrogen-bond acceptors (Lipinski definition) is 5. The van der Waals surface area contributed by atoms with Gasteiger partial charge >= 0.3 is 0 Å². The van der Waals surface area contributed by atoms with Crippen LogP contribution in [0, 0.1) is 0 Å². The Bertz CT molecular complexity index is 1130. The first-order valence-electron chi connectivity index (χ1n) is 17.4. The Labute approximate surface area is 274 Å². The highest BCUT2D eigenvalue weighted by molar-refractivity contribution is 7.86. The van der Waals surface area contributed by atoms with Gasteiger partial charge in [0.05, 0.1) is 9.79 Å². The lowest BCUT2D eigenvalue weighted by atomic mass is 10.0. The average molecular weight is 667 g/mol. The molecule has 0 radical (unpaired) electrons. The minimum atomic E-state index is -4.10. The van der Waals surface area contributed by atoms with Crippen molar-refractivity contribution < 1.29 is 30.7 Å². The zero-order valence-corrected chi connectivity index (χ0v) is 29.0. The van der Waals surface area contributed by atoms with Gasteiger partial charge in [0.15, 0.2) is 0 Å². The number of hydrogen-bond donors (Lipinski definition) is 2. The van der Waals surface area contributed by atoms with E-state index in [2.05, 4.69) is 0 Å². The van der Waals surface area contributed by atoms with E-state index in [1.807, 2.05) is 0 Å². The van der Waals surface area contributed by atoms with Gasteiger partial charge in [-0.3, -0.25) is 9.11 Å². The Kier molecular flexibility index (Phi) is 20.6. The molecule has 0 saturated heterocycles. The molecule has 2 aromatic rings. The summed E-state index contributed by atoms with van der Waals surface area (Å²) in [6.45, 7) is 1.79. The highest BCUT2D eigenvalue weighted by Crippen LogP contribution is 2.16. The molecule has 0 aliphatic heterocycles. The lowest BCUT2D eigenvalue weighted by Gasteiger charge is -2.06. The van der Waals surface area contributed by atoms with Crippen molar-refractivity contribution in [3.63, 3.8) is 0 Å². The summed E-state index contributed by atoms with van der Waals surface area (Å²) < 4.78 is 68.3. The van der Waals surface area contributed by atoms with E-state index in [4.69, 9.17) is 13.8 Å². The topological polar surface area (TPSA) is 118 Å². The smallest absolute Gasteiger partial charge is 0.294 e. The van der Waals surface area contributed by atoms with Gasteiger partial charge in [-0.05, 0) is 73.9 Å². The van der Waals surface area contributed by atoms with Gasteiger partial charge in [0.25, 0.3) is 20.2 Å². The van der Waals surface area contributed by atoms with E-state index in [-0.39, 0.29) is 9.79 Å². The summed E-state index contributed by atoms with van der Waals surface area (Å²) in [6, 6.07) is 13.0. The van der Waals surface area contributed by atoms with Gasteiger partial charge in [0.1, 0.15) is 0 Å². The van der Waals surface area contributed by atoms with Crippen molar-refractivity contribution in [2.75, 3.05) is 13.2 Å². The van der Waals surface area contributed by atoms with Crippen LogP contribution in [-0.4, -0.2) is 39.2 Å². The molecule has 0 bridgehead atoms. The number of aryl methyl sites for hydroxylation is 2. The molecule has 45 heavy (non-hydrogen) atoms. The fourth-order valence-corrected chi connectivity index (χ4v) is 6.61. The molecule has 0 aromatic heterocycles. The van der Waals surface area contributed by atoms with Crippen molar-refractivity contribution in [3.05, 3.63) is 59.7 Å². The van der Waals surface area contributed by atoms with Crippen LogP contribution in [0.3, 0.4) is 0 Å². The van der Waals surface area contributed by atoms with Crippen LogP contribution in [-0.2, 0) is 37.8 Å². The fourth-order valence-electron chi connectivity index (χ4n) is 5.65. The summed E-state index contributed by atoms with van der Waals surface area (Å²) in [7, 11) is -8.20. The molecule has 0 aliphatic rings. The highest BCUT2D eigenvalue weighted by Gasteiger charge is 2.09. The van der Waals surface area contributed by atoms with Crippen LogP contribution in [0.1, 0.15) is 140 Å². The third kappa shape index (κ3) is 20.1. The molecule has 0 spiro atoms. The lowest BCUT2D eigenvalue weighted by molar-refractivity contribution is 0.125. The molecule has 256 valence electrons. The molecule has 9 heteroatoms. The third-order valence-corrected chi connectivity index (χ3v) is 10.2. The summed E-state index contributed by atoms with van der Waals surface area (Å²) in [6.07, 6.45) is 26.9. The molecule has 0 atom stereocenters. The first-order chi connectivity index (χ1) is 21.7. The summed E-state index contributed by atoms with van der Waals surface area (Å²) in [4.78, 5) is -0.0837. The number of benzene rings is 2. The minimum absolute atomic E-state index is 0.0419. The van der Waals surface area contributed by atoms with Gasteiger partial charge in [-0.1, -0.05) is 127 Å². The maximum absolute atomic E-state index is 11.1. The van der Waals surface area contributed by atoms with Crippen molar-refractivity contribution in [1.82, 2.24) is 0 Å².